The van der Waals surface area contributed by atoms with Gasteiger partial charge in [0.1, 0.15) is 5.82 Å². The second-order valence-electron chi connectivity index (χ2n) is 5.71. The molecular weight excluding hydrogens is 295 g/mol. The van der Waals surface area contributed by atoms with Crippen molar-refractivity contribution in [2.24, 2.45) is 0 Å². The molecule has 1 aromatic heterocycles. The first-order valence-electron chi connectivity index (χ1n) is 7.34. The molecule has 3 aromatic rings. The molecular formula is C18H17FN2O2. The van der Waals surface area contributed by atoms with Gasteiger partial charge in [-0.05, 0) is 61.7 Å². The minimum absolute atomic E-state index is 0.192. The van der Waals surface area contributed by atoms with Gasteiger partial charge in [-0.2, -0.15) is 4.68 Å². The highest BCUT2D eigenvalue weighted by molar-refractivity contribution is 5.51. The van der Waals surface area contributed by atoms with Gasteiger partial charge in [-0.1, -0.05) is 17.7 Å². The molecule has 0 atom stereocenters. The van der Waals surface area contributed by atoms with Crippen LogP contribution in [0.15, 0.2) is 45.6 Å². The molecule has 0 radical (unpaired) electrons. The molecule has 0 amide bonds. The number of rotatable bonds is 3. The lowest BCUT2D eigenvalue weighted by Gasteiger charge is -2.10. The summed E-state index contributed by atoms with van der Waals surface area (Å²) in [5.74, 6) is -0.678. The maximum Gasteiger partial charge on any atom is 0.437 e. The predicted octanol–water partition coefficient (Wildman–Crippen LogP) is 3.62. The normalized spacial score (nSPS) is 11.0. The predicted molar refractivity (Wildman–Crippen MR) is 85.9 cm³/mol. The largest absolute Gasteiger partial charge is 0.437 e. The molecule has 5 heteroatoms. The zero-order valence-corrected chi connectivity index (χ0v) is 13.3. The fraction of sp³-hybridized carbons (Fsp3) is 0.222. The summed E-state index contributed by atoms with van der Waals surface area (Å²) in [6.45, 7) is 6.42. The summed E-state index contributed by atoms with van der Waals surface area (Å²) in [4.78, 5) is 12.0. The van der Waals surface area contributed by atoms with E-state index >= 15 is 0 Å². The second kappa shape index (κ2) is 5.83. The van der Waals surface area contributed by atoms with Crippen LogP contribution in [0.2, 0.25) is 0 Å². The molecule has 23 heavy (non-hydrogen) atoms. The Morgan fingerprint density at radius 3 is 2.30 bits per heavy atom. The average molecular weight is 312 g/mol. The van der Waals surface area contributed by atoms with Crippen molar-refractivity contribution in [3.05, 3.63) is 75.0 Å². The van der Waals surface area contributed by atoms with Crippen LogP contribution in [0.25, 0.3) is 11.5 Å². The summed E-state index contributed by atoms with van der Waals surface area (Å²) < 4.78 is 19.5. The molecule has 0 aliphatic rings. The van der Waals surface area contributed by atoms with Crippen LogP contribution in [-0.2, 0) is 6.54 Å². The van der Waals surface area contributed by atoms with Crippen molar-refractivity contribution in [1.82, 2.24) is 9.78 Å². The number of nitrogens with zero attached hydrogens (tertiary/aromatic N) is 2. The standard InChI is InChI=1S/C18H17FN2O2/c1-11-8-12(2)16(13(3)9-11)10-21-18(22)23-17(20-21)14-4-6-15(19)7-5-14/h4-9H,10H2,1-3H3. The Hall–Kier alpha value is -2.69. The Kier molecular flexibility index (Phi) is 3.86. The lowest BCUT2D eigenvalue weighted by Crippen LogP contribution is -2.17. The summed E-state index contributed by atoms with van der Waals surface area (Å²) in [5.41, 5.74) is 5.03. The Morgan fingerprint density at radius 1 is 1.09 bits per heavy atom. The SMILES string of the molecule is Cc1cc(C)c(Cn2nc(-c3ccc(F)cc3)oc2=O)c(C)c1. The minimum Gasteiger partial charge on any atom is -0.388 e. The molecule has 4 nitrogen and oxygen atoms in total. The smallest absolute Gasteiger partial charge is 0.388 e. The summed E-state index contributed by atoms with van der Waals surface area (Å²) in [5, 5.41) is 4.22. The van der Waals surface area contributed by atoms with Crippen LogP contribution in [0.3, 0.4) is 0 Å². The monoisotopic (exact) mass is 312 g/mol. The van der Waals surface area contributed by atoms with E-state index in [1.54, 1.807) is 0 Å². The number of benzene rings is 2. The summed E-state index contributed by atoms with van der Waals surface area (Å²) in [6, 6.07) is 9.84. The van der Waals surface area contributed by atoms with Gasteiger partial charge in [0.15, 0.2) is 0 Å². The number of hydrogen-bond donors (Lipinski definition) is 0. The van der Waals surface area contributed by atoms with E-state index in [0.717, 1.165) is 16.7 Å². The number of halogens is 1. The van der Waals surface area contributed by atoms with Gasteiger partial charge in [-0.25, -0.2) is 9.18 Å². The highest BCUT2D eigenvalue weighted by Gasteiger charge is 2.13. The zero-order chi connectivity index (χ0) is 16.6. The Bertz CT molecular complexity index is 885. The van der Waals surface area contributed by atoms with Gasteiger partial charge in [0, 0.05) is 5.56 Å². The van der Waals surface area contributed by atoms with Crippen molar-refractivity contribution in [3.63, 3.8) is 0 Å². The third-order valence-electron chi connectivity index (χ3n) is 3.85. The molecule has 0 bridgehead atoms. The van der Waals surface area contributed by atoms with Gasteiger partial charge in [0.05, 0.1) is 6.54 Å². The zero-order valence-electron chi connectivity index (χ0n) is 13.3. The van der Waals surface area contributed by atoms with E-state index < -0.39 is 5.76 Å². The van der Waals surface area contributed by atoms with E-state index in [1.807, 2.05) is 20.8 Å². The van der Waals surface area contributed by atoms with Gasteiger partial charge >= 0.3 is 5.76 Å². The van der Waals surface area contributed by atoms with Crippen LogP contribution in [0.1, 0.15) is 22.3 Å². The molecule has 0 saturated heterocycles. The van der Waals surface area contributed by atoms with Crippen molar-refractivity contribution in [2.45, 2.75) is 27.3 Å². The second-order valence-corrected chi connectivity index (χ2v) is 5.71. The Balaban J connectivity index is 1.96. The quantitative estimate of drug-likeness (QED) is 0.742. The molecule has 0 aliphatic heterocycles. The van der Waals surface area contributed by atoms with Crippen LogP contribution in [0.4, 0.5) is 4.39 Å². The minimum atomic E-state index is -0.524. The molecule has 0 N–H and O–H groups in total. The van der Waals surface area contributed by atoms with E-state index in [-0.39, 0.29) is 11.7 Å². The molecule has 0 unspecified atom stereocenters. The Morgan fingerprint density at radius 2 is 1.70 bits per heavy atom. The van der Waals surface area contributed by atoms with Crippen molar-refractivity contribution >= 4 is 0 Å². The number of aryl methyl sites for hydroxylation is 3. The van der Waals surface area contributed by atoms with Crippen LogP contribution in [0.5, 0.6) is 0 Å². The molecule has 0 fully saturated rings. The fourth-order valence-corrected chi connectivity index (χ4v) is 2.72. The van der Waals surface area contributed by atoms with Crippen LogP contribution < -0.4 is 5.76 Å². The lowest BCUT2D eigenvalue weighted by atomic mass is 10.00. The number of aromatic nitrogens is 2. The molecule has 1 heterocycles. The van der Waals surface area contributed by atoms with Crippen molar-refractivity contribution in [3.8, 4) is 11.5 Å². The topological polar surface area (TPSA) is 48.0 Å². The van der Waals surface area contributed by atoms with Crippen molar-refractivity contribution in [2.75, 3.05) is 0 Å². The lowest BCUT2D eigenvalue weighted by molar-refractivity contribution is 0.494. The first-order chi connectivity index (χ1) is 10.9. The van der Waals surface area contributed by atoms with Gasteiger partial charge in [-0.15, -0.1) is 5.10 Å². The highest BCUT2D eigenvalue weighted by atomic mass is 19.1. The summed E-state index contributed by atoms with van der Waals surface area (Å²) in [6.07, 6.45) is 0. The molecule has 3 rings (SSSR count). The van der Waals surface area contributed by atoms with Gasteiger partial charge in [0.25, 0.3) is 0 Å². The Labute approximate surface area is 133 Å². The van der Waals surface area contributed by atoms with Crippen LogP contribution in [-0.4, -0.2) is 9.78 Å². The van der Waals surface area contributed by atoms with Gasteiger partial charge in [-0.3, -0.25) is 0 Å². The maximum absolute atomic E-state index is 13.0. The third-order valence-corrected chi connectivity index (χ3v) is 3.85. The first-order valence-corrected chi connectivity index (χ1v) is 7.34. The van der Waals surface area contributed by atoms with Crippen LogP contribution >= 0.6 is 0 Å². The molecule has 0 spiro atoms. The molecule has 0 saturated carbocycles. The maximum atomic E-state index is 13.0. The van der Waals surface area contributed by atoms with Gasteiger partial charge in [0.2, 0.25) is 5.89 Å². The number of hydrogen-bond acceptors (Lipinski definition) is 3. The fourth-order valence-electron chi connectivity index (χ4n) is 2.72. The first kappa shape index (κ1) is 15.2. The van der Waals surface area contributed by atoms with E-state index in [2.05, 4.69) is 17.2 Å². The van der Waals surface area contributed by atoms with E-state index in [4.69, 9.17) is 4.42 Å². The summed E-state index contributed by atoms with van der Waals surface area (Å²) in [7, 11) is 0. The van der Waals surface area contributed by atoms with Crippen molar-refractivity contribution in [1.29, 1.82) is 0 Å². The third kappa shape index (κ3) is 3.08. The molecule has 0 aliphatic carbocycles. The molecule has 118 valence electrons. The van der Waals surface area contributed by atoms with E-state index in [9.17, 15) is 9.18 Å². The van der Waals surface area contributed by atoms with Crippen molar-refractivity contribution < 1.29 is 8.81 Å². The van der Waals surface area contributed by atoms with Crippen LogP contribution in [0, 0.1) is 26.6 Å². The van der Waals surface area contributed by atoms with E-state index in [1.165, 1.54) is 34.5 Å². The van der Waals surface area contributed by atoms with E-state index in [0.29, 0.717) is 12.1 Å². The highest BCUT2D eigenvalue weighted by Crippen LogP contribution is 2.19. The summed E-state index contributed by atoms with van der Waals surface area (Å²) >= 11 is 0. The average Bonchev–Trinajstić information content (AvgIpc) is 2.84. The molecule has 2 aromatic carbocycles. The van der Waals surface area contributed by atoms with Gasteiger partial charge < -0.3 is 4.42 Å².